The van der Waals surface area contributed by atoms with Gasteiger partial charge in [0, 0.05) is 23.5 Å². The highest BCUT2D eigenvalue weighted by molar-refractivity contribution is 6.03. The number of esters is 2. The van der Waals surface area contributed by atoms with Crippen LogP contribution in [0.15, 0.2) is 53.3 Å². The molecule has 7 atom stereocenters. The number of ketones is 1. The van der Waals surface area contributed by atoms with Crippen molar-refractivity contribution in [2.45, 2.75) is 58.2 Å². The van der Waals surface area contributed by atoms with E-state index in [0.717, 1.165) is 0 Å². The molecule has 3 fully saturated rings. The zero-order valence-electron chi connectivity index (χ0n) is 22.7. The number of alkyl carbamates (subject to hydrolysis) is 1. The van der Waals surface area contributed by atoms with E-state index >= 15 is 0 Å². The molecule has 3 aliphatic rings. The van der Waals surface area contributed by atoms with Crippen LogP contribution in [-0.4, -0.2) is 42.9 Å². The highest BCUT2D eigenvalue weighted by Crippen LogP contribution is 2.66. The summed E-state index contributed by atoms with van der Waals surface area (Å²) in [4.78, 5) is 66.2. The second kappa shape index (κ2) is 10.6. The SMILES string of the molecule is CC[C@@]12CC[C@H]3C(=O)O[C@H](c4ccoc4)C[C@]3(C)[C@H]1C(=O)[C@@H](OC(=O)NC(=O)c1ccccc1)C[C@H]2C(=O)OC. The summed E-state index contributed by atoms with van der Waals surface area (Å²) in [5.41, 5.74) is -0.766. The summed E-state index contributed by atoms with van der Waals surface area (Å²) in [6, 6.07) is 9.85. The molecule has 2 saturated carbocycles. The van der Waals surface area contributed by atoms with Crippen LogP contribution in [0.5, 0.6) is 0 Å². The Morgan fingerprint density at radius 2 is 1.88 bits per heavy atom. The third-order valence-electron chi connectivity index (χ3n) is 9.40. The van der Waals surface area contributed by atoms with E-state index in [0.29, 0.717) is 31.2 Å². The van der Waals surface area contributed by atoms with Crippen molar-refractivity contribution in [2.24, 2.45) is 28.6 Å². The van der Waals surface area contributed by atoms with Gasteiger partial charge in [-0.3, -0.25) is 24.5 Å². The Hall–Kier alpha value is -3.95. The number of amides is 2. The van der Waals surface area contributed by atoms with Gasteiger partial charge in [-0.2, -0.15) is 0 Å². The van der Waals surface area contributed by atoms with Crippen LogP contribution in [0.3, 0.4) is 0 Å². The van der Waals surface area contributed by atoms with Gasteiger partial charge in [0.1, 0.15) is 6.10 Å². The standard InChI is InChI=1S/C30H33NO9/c1-4-30-12-10-19-27(35)39-22(18-11-13-38-16-18)15-29(19,2)24(30)23(32)21(14-20(30)26(34)37-3)40-28(36)31-25(33)17-8-6-5-7-9-17/h5-9,11,13,16,19-22,24H,4,10,12,14-15H2,1-3H3,(H,31,33,36)/t19-,20-,21-,22-,24+,29-,30-/m0/s1. The second-order valence-corrected chi connectivity index (χ2v) is 11.2. The predicted octanol–water partition coefficient (Wildman–Crippen LogP) is 4.39. The number of fused-ring (bicyclic) bond motifs is 3. The molecule has 1 aromatic carbocycles. The van der Waals surface area contributed by atoms with Crippen LogP contribution in [0.25, 0.3) is 0 Å². The molecular weight excluding hydrogens is 518 g/mol. The molecule has 1 saturated heterocycles. The topological polar surface area (TPSA) is 138 Å². The quantitative estimate of drug-likeness (QED) is 0.423. The summed E-state index contributed by atoms with van der Waals surface area (Å²) < 4.78 is 21.7. The smallest absolute Gasteiger partial charge is 0.414 e. The molecule has 10 heteroatoms. The zero-order valence-corrected chi connectivity index (χ0v) is 22.7. The van der Waals surface area contributed by atoms with Crippen LogP contribution < -0.4 is 5.32 Å². The molecule has 5 rings (SSSR count). The van der Waals surface area contributed by atoms with Gasteiger partial charge in [-0.25, -0.2) is 4.79 Å². The van der Waals surface area contributed by atoms with Crippen LogP contribution in [0.1, 0.15) is 68.0 Å². The number of rotatable bonds is 5. The van der Waals surface area contributed by atoms with Crippen molar-refractivity contribution >= 4 is 29.7 Å². The van der Waals surface area contributed by atoms with Gasteiger partial charge in [-0.1, -0.05) is 32.0 Å². The Bertz CT molecular complexity index is 1310. The maximum Gasteiger partial charge on any atom is 0.414 e. The Morgan fingerprint density at radius 3 is 2.52 bits per heavy atom. The number of carbonyl (C=O) groups excluding carboxylic acids is 5. The molecule has 1 aromatic heterocycles. The Morgan fingerprint density at radius 1 is 1.12 bits per heavy atom. The van der Waals surface area contributed by atoms with Gasteiger partial charge in [0.25, 0.3) is 5.91 Å². The molecule has 1 aliphatic heterocycles. The summed E-state index contributed by atoms with van der Waals surface area (Å²) >= 11 is 0. The molecular formula is C30H33NO9. The lowest BCUT2D eigenvalue weighted by Gasteiger charge is -2.62. The summed E-state index contributed by atoms with van der Waals surface area (Å²) in [6.45, 7) is 3.83. The number of ether oxygens (including phenoxy) is 3. The summed E-state index contributed by atoms with van der Waals surface area (Å²) in [7, 11) is 1.29. The van der Waals surface area contributed by atoms with E-state index in [2.05, 4.69) is 5.32 Å². The van der Waals surface area contributed by atoms with Crippen LogP contribution in [0, 0.1) is 28.6 Å². The molecule has 1 N–H and O–H groups in total. The summed E-state index contributed by atoms with van der Waals surface area (Å²) in [5, 5.41) is 2.16. The maximum atomic E-state index is 14.3. The molecule has 0 bridgehead atoms. The van der Waals surface area contributed by atoms with E-state index in [1.807, 2.05) is 13.8 Å². The highest BCUT2D eigenvalue weighted by atomic mass is 16.6. The lowest BCUT2D eigenvalue weighted by molar-refractivity contribution is -0.210. The number of methoxy groups -OCH3 is 1. The molecule has 212 valence electrons. The van der Waals surface area contributed by atoms with E-state index in [9.17, 15) is 24.0 Å². The molecule has 2 aliphatic carbocycles. The first kappa shape index (κ1) is 27.6. The van der Waals surface area contributed by atoms with Gasteiger partial charge < -0.3 is 18.6 Å². The average molecular weight is 552 g/mol. The number of hydrogen-bond acceptors (Lipinski definition) is 9. The van der Waals surface area contributed by atoms with Crippen molar-refractivity contribution < 1.29 is 42.6 Å². The maximum absolute atomic E-state index is 14.3. The van der Waals surface area contributed by atoms with E-state index in [1.165, 1.54) is 19.6 Å². The molecule has 0 radical (unpaired) electrons. The predicted molar refractivity (Wildman–Crippen MR) is 139 cm³/mol. The fourth-order valence-corrected chi connectivity index (χ4v) is 7.55. The van der Waals surface area contributed by atoms with Gasteiger partial charge in [-0.15, -0.1) is 0 Å². The van der Waals surface area contributed by atoms with Crippen molar-refractivity contribution in [1.82, 2.24) is 5.32 Å². The normalized spacial score (nSPS) is 33.1. The number of nitrogens with one attached hydrogen (secondary N) is 1. The first-order valence-electron chi connectivity index (χ1n) is 13.6. The first-order chi connectivity index (χ1) is 19.1. The van der Waals surface area contributed by atoms with Crippen molar-refractivity contribution in [2.75, 3.05) is 7.11 Å². The number of cyclic esters (lactones) is 1. The van der Waals surface area contributed by atoms with Crippen LogP contribution >= 0.6 is 0 Å². The molecule has 2 heterocycles. The third kappa shape index (κ3) is 4.49. The summed E-state index contributed by atoms with van der Waals surface area (Å²) in [5.74, 6) is -4.07. The van der Waals surface area contributed by atoms with E-state index < -0.39 is 64.7 Å². The van der Waals surface area contributed by atoms with Gasteiger partial charge in [0.2, 0.25) is 0 Å². The highest BCUT2D eigenvalue weighted by Gasteiger charge is 2.68. The minimum atomic E-state index is -1.31. The van der Waals surface area contributed by atoms with Crippen molar-refractivity contribution in [3.63, 3.8) is 0 Å². The zero-order chi connectivity index (χ0) is 28.7. The molecule has 0 spiro atoms. The van der Waals surface area contributed by atoms with Crippen molar-refractivity contribution in [3.8, 4) is 0 Å². The lowest BCUT2D eigenvalue weighted by Crippen LogP contribution is -2.65. The number of Topliss-reactive ketones (excluding diaryl/α,β-unsaturated/α-hetero) is 1. The monoisotopic (exact) mass is 551 g/mol. The number of imide groups is 1. The second-order valence-electron chi connectivity index (χ2n) is 11.2. The Labute approximate surface area is 231 Å². The van der Waals surface area contributed by atoms with Gasteiger partial charge >= 0.3 is 18.0 Å². The number of hydrogen-bond donors (Lipinski definition) is 1. The van der Waals surface area contributed by atoms with Gasteiger partial charge in [0.05, 0.1) is 31.5 Å². The van der Waals surface area contributed by atoms with E-state index in [1.54, 1.807) is 36.4 Å². The van der Waals surface area contributed by atoms with Crippen LogP contribution in [0.4, 0.5) is 4.79 Å². The third-order valence-corrected chi connectivity index (χ3v) is 9.40. The number of furan rings is 1. The Balaban J connectivity index is 1.49. The van der Waals surface area contributed by atoms with Gasteiger partial charge in [0.15, 0.2) is 11.9 Å². The largest absolute Gasteiger partial charge is 0.472 e. The fourth-order valence-electron chi connectivity index (χ4n) is 7.55. The molecule has 2 amide bonds. The molecule has 40 heavy (non-hydrogen) atoms. The molecule has 10 nitrogen and oxygen atoms in total. The lowest BCUT2D eigenvalue weighted by atomic mass is 9.42. The first-order valence-corrected chi connectivity index (χ1v) is 13.6. The molecule has 2 aromatic rings. The summed E-state index contributed by atoms with van der Waals surface area (Å²) in [6.07, 6.45) is 1.63. The van der Waals surface area contributed by atoms with Crippen molar-refractivity contribution in [1.29, 1.82) is 0 Å². The number of carbonyl (C=O) groups is 5. The minimum absolute atomic E-state index is 0.0703. The fraction of sp³-hybridized carbons (Fsp3) is 0.500. The van der Waals surface area contributed by atoms with Crippen molar-refractivity contribution in [3.05, 3.63) is 60.1 Å². The molecule has 0 unspecified atom stereocenters. The average Bonchev–Trinajstić information content (AvgIpc) is 3.49. The number of benzene rings is 1. The minimum Gasteiger partial charge on any atom is -0.472 e. The Kier molecular flexibility index (Phi) is 7.29. The van der Waals surface area contributed by atoms with E-state index in [4.69, 9.17) is 18.6 Å². The van der Waals surface area contributed by atoms with Gasteiger partial charge in [-0.05, 0) is 54.7 Å². The van der Waals surface area contributed by atoms with Crippen LogP contribution in [-0.2, 0) is 28.6 Å². The van der Waals surface area contributed by atoms with E-state index in [-0.39, 0.29) is 17.8 Å². The van der Waals surface area contributed by atoms with Crippen LogP contribution in [0.2, 0.25) is 0 Å².